The van der Waals surface area contributed by atoms with E-state index in [1.807, 2.05) is 0 Å². The summed E-state index contributed by atoms with van der Waals surface area (Å²) < 4.78 is 5.84. The predicted octanol–water partition coefficient (Wildman–Crippen LogP) is 2.60. The number of carbonyl (C=O) groups is 1. The number of aryl methyl sites for hydroxylation is 1. The molecule has 1 aliphatic heterocycles. The van der Waals surface area contributed by atoms with Gasteiger partial charge in [-0.3, -0.25) is 9.69 Å². The van der Waals surface area contributed by atoms with E-state index in [2.05, 4.69) is 49.2 Å². The van der Waals surface area contributed by atoms with Crippen LogP contribution in [0.2, 0.25) is 0 Å². The molecule has 1 saturated heterocycles. The summed E-state index contributed by atoms with van der Waals surface area (Å²) in [5, 5.41) is 2.71. The topological polar surface area (TPSA) is 41.6 Å². The summed E-state index contributed by atoms with van der Waals surface area (Å²) >= 11 is 0. The van der Waals surface area contributed by atoms with Gasteiger partial charge in [-0.05, 0) is 36.5 Å². The average molecular weight is 304 g/mol. The molecule has 1 amide bonds. The third-order valence-corrected chi connectivity index (χ3v) is 4.17. The summed E-state index contributed by atoms with van der Waals surface area (Å²) in [6.07, 6.45) is 1.08. The van der Waals surface area contributed by atoms with Crippen molar-refractivity contribution < 1.29 is 9.53 Å². The molecular weight excluding hydrogens is 276 g/mol. The van der Waals surface area contributed by atoms with E-state index in [0.29, 0.717) is 5.92 Å². The maximum absolute atomic E-state index is 11.5. The first kappa shape index (κ1) is 16.8. The van der Waals surface area contributed by atoms with Gasteiger partial charge in [-0.25, -0.2) is 0 Å². The molecule has 0 atom stereocenters. The van der Waals surface area contributed by atoms with Gasteiger partial charge in [-0.2, -0.15) is 0 Å². The molecule has 0 saturated carbocycles. The zero-order valence-corrected chi connectivity index (χ0v) is 14.2. The summed E-state index contributed by atoms with van der Waals surface area (Å²) in [5.74, 6) is 1.96. The van der Waals surface area contributed by atoms with Crippen molar-refractivity contribution in [2.24, 2.45) is 11.8 Å². The van der Waals surface area contributed by atoms with Gasteiger partial charge in [0.1, 0.15) is 5.75 Å². The molecule has 4 nitrogen and oxygen atoms in total. The van der Waals surface area contributed by atoms with Crippen LogP contribution >= 0.6 is 0 Å². The summed E-state index contributed by atoms with van der Waals surface area (Å²) in [4.78, 5) is 13.8. The monoisotopic (exact) mass is 304 g/mol. The highest BCUT2D eigenvalue weighted by Gasteiger charge is 2.31. The Labute approximate surface area is 133 Å². The first-order valence-electron chi connectivity index (χ1n) is 8.16. The van der Waals surface area contributed by atoms with Gasteiger partial charge >= 0.3 is 0 Å². The van der Waals surface area contributed by atoms with Crippen molar-refractivity contribution in [2.45, 2.75) is 33.7 Å². The van der Waals surface area contributed by atoms with E-state index in [4.69, 9.17) is 4.74 Å². The molecule has 2 rings (SSSR count). The van der Waals surface area contributed by atoms with Gasteiger partial charge in [0.2, 0.25) is 5.91 Å². The van der Waals surface area contributed by atoms with E-state index in [-0.39, 0.29) is 11.8 Å². The van der Waals surface area contributed by atoms with Gasteiger partial charge in [-0.1, -0.05) is 26.0 Å². The highest BCUT2D eigenvalue weighted by Crippen LogP contribution is 2.23. The first-order valence-corrected chi connectivity index (χ1v) is 8.16. The normalized spacial score (nSPS) is 15.7. The van der Waals surface area contributed by atoms with Gasteiger partial charge < -0.3 is 10.1 Å². The predicted molar refractivity (Wildman–Crippen MR) is 89.0 cm³/mol. The molecule has 4 heteroatoms. The van der Waals surface area contributed by atoms with Crippen molar-refractivity contribution in [1.29, 1.82) is 0 Å². The number of benzene rings is 1. The molecule has 1 aromatic carbocycles. The van der Waals surface area contributed by atoms with Crippen molar-refractivity contribution in [3.63, 3.8) is 0 Å². The van der Waals surface area contributed by atoms with E-state index in [0.717, 1.165) is 38.4 Å². The molecule has 0 radical (unpaired) electrons. The lowest BCUT2D eigenvalue weighted by Crippen LogP contribution is -2.52. The molecule has 1 aromatic rings. The maximum atomic E-state index is 11.5. The van der Waals surface area contributed by atoms with Crippen LogP contribution < -0.4 is 10.1 Å². The van der Waals surface area contributed by atoms with Crippen LogP contribution in [0.3, 0.4) is 0 Å². The molecule has 0 aliphatic carbocycles. The number of nitrogens with one attached hydrogen (secondary N) is 1. The lowest BCUT2D eigenvalue weighted by atomic mass is 9.98. The number of ether oxygens (including phenoxy) is 1. The minimum absolute atomic E-state index is 0.154. The fourth-order valence-electron chi connectivity index (χ4n) is 2.70. The Balaban J connectivity index is 1.81. The molecule has 1 N–H and O–H groups in total. The first-order chi connectivity index (χ1) is 10.5. The van der Waals surface area contributed by atoms with Crippen molar-refractivity contribution in [3.8, 4) is 5.75 Å². The number of likely N-dealkylation sites (tertiary alicyclic amines) is 1. The smallest absolute Gasteiger partial charge is 0.225 e. The van der Waals surface area contributed by atoms with E-state index in [1.165, 1.54) is 11.1 Å². The molecule has 0 aromatic heterocycles. The number of hydrogen-bond acceptors (Lipinski definition) is 3. The molecule has 0 bridgehead atoms. The minimum Gasteiger partial charge on any atom is -0.493 e. The van der Waals surface area contributed by atoms with Crippen LogP contribution in [0.15, 0.2) is 18.2 Å². The van der Waals surface area contributed by atoms with Crippen molar-refractivity contribution in [3.05, 3.63) is 29.3 Å². The lowest BCUT2D eigenvalue weighted by Gasteiger charge is -2.38. The quantitative estimate of drug-likeness (QED) is 0.842. The minimum atomic E-state index is 0.154. The van der Waals surface area contributed by atoms with Gasteiger partial charge in [0.25, 0.3) is 0 Å². The number of nitrogens with zero attached hydrogens (tertiary/aromatic N) is 1. The van der Waals surface area contributed by atoms with Crippen LogP contribution in [0, 0.1) is 18.8 Å². The largest absolute Gasteiger partial charge is 0.493 e. The number of hydrogen-bond donors (Lipinski definition) is 1. The van der Waals surface area contributed by atoms with E-state index in [1.54, 1.807) is 7.05 Å². The Bertz CT molecular complexity index is 508. The molecule has 122 valence electrons. The molecule has 1 heterocycles. The van der Waals surface area contributed by atoms with Crippen LogP contribution in [0.4, 0.5) is 0 Å². The van der Waals surface area contributed by atoms with Crippen LogP contribution in [-0.4, -0.2) is 37.6 Å². The van der Waals surface area contributed by atoms with Crippen molar-refractivity contribution >= 4 is 5.91 Å². The number of amides is 1. The zero-order chi connectivity index (χ0) is 16.1. The van der Waals surface area contributed by atoms with Gasteiger partial charge in [0, 0.05) is 26.7 Å². The molecule has 1 aliphatic rings. The number of carbonyl (C=O) groups excluding carboxylic acids is 1. The van der Waals surface area contributed by atoms with Gasteiger partial charge in [-0.15, -0.1) is 0 Å². The van der Waals surface area contributed by atoms with E-state index >= 15 is 0 Å². The zero-order valence-electron chi connectivity index (χ0n) is 14.2. The van der Waals surface area contributed by atoms with Crippen molar-refractivity contribution in [1.82, 2.24) is 10.2 Å². The Morgan fingerprint density at radius 3 is 2.73 bits per heavy atom. The highest BCUT2D eigenvalue weighted by atomic mass is 16.5. The summed E-state index contributed by atoms with van der Waals surface area (Å²) in [6, 6.07) is 6.39. The second kappa shape index (κ2) is 7.63. The molecule has 0 spiro atoms. The van der Waals surface area contributed by atoms with Gasteiger partial charge in [0.15, 0.2) is 0 Å². The Morgan fingerprint density at radius 2 is 2.14 bits per heavy atom. The van der Waals surface area contributed by atoms with Crippen LogP contribution in [-0.2, 0) is 11.3 Å². The molecule has 22 heavy (non-hydrogen) atoms. The lowest BCUT2D eigenvalue weighted by molar-refractivity contribution is -0.129. The van der Waals surface area contributed by atoms with Crippen LogP contribution in [0.1, 0.15) is 31.4 Å². The third-order valence-electron chi connectivity index (χ3n) is 4.17. The molecule has 1 fully saturated rings. The van der Waals surface area contributed by atoms with E-state index in [9.17, 15) is 4.79 Å². The Morgan fingerprint density at radius 1 is 1.41 bits per heavy atom. The fourth-order valence-corrected chi connectivity index (χ4v) is 2.70. The Hall–Kier alpha value is -1.55. The summed E-state index contributed by atoms with van der Waals surface area (Å²) in [6.45, 7) is 9.89. The summed E-state index contributed by atoms with van der Waals surface area (Å²) in [7, 11) is 1.70. The number of rotatable bonds is 7. The highest BCUT2D eigenvalue weighted by molar-refractivity contribution is 5.79. The SMILES string of the molecule is CNC(=O)C1CN(Cc2ccc(OCCC(C)C)c(C)c2)C1. The van der Waals surface area contributed by atoms with E-state index < -0.39 is 0 Å². The Kier molecular flexibility index (Phi) is 5.83. The van der Waals surface area contributed by atoms with Crippen molar-refractivity contribution in [2.75, 3.05) is 26.7 Å². The molecular formula is C18H28N2O2. The molecule has 0 unspecified atom stereocenters. The second-order valence-electron chi connectivity index (χ2n) is 6.64. The standard InChI is InChI=1S/C18H28N2O2/c1-13(2)7-8-22-17-6-5-15(9-14(17)3)10-20-11-16(12-20)18(21)19-4/h5-6,9,13,16H,7-8,10-12H2,1-4H3,(H,19,21). The summed E-state index contributed by atoms with van der Waals surface area (Å²) in [5.41, 5.74) is 2.47. The average Bonchev–Trinajstić information content (AvgIpc) is 2.43. The van der Waals surface area contributed by atoms with Crippen LogP contribution in [0.25, 0.3) is 0 Å². The van der Waals surface area contributed by atoms with Gasteiger partial charge in [0.05, 0.1) is 12.5 Å². The third kappa shape index (κ3) is 4.47. The fraction of sp³-hybridized carbons (Fsp3) is 0.611. The maximum Gasteiger partial charge on any atom is 0.225 e. The second-order valence-corrected chi connectivity index (χ2v) is 6.64. The van der Waals surface area contributed by atoms with Crippen LogP contribution in [0.5, 0.6) is 5.75 Å².